The van der Waals surface area contributed by atoms with Gasteiger partial charge < -0.3 is 16.2 Å². The van der Waals surface area contributed by atoms with Crippen LogP contribution in [0.4, 0.5) is 0 Å². The highest BCUT2D eigenvalue weighted by molar-refractivity contribution is 6.50. The maximum Gasteiger partial charge on any atom is 0.244 e. The van der Waals surface area contributed by atoms with Gasteiger partial charge in [-0.05, 0) is 7.05 Å². The van der Waals surface area contributed by atoms with Gasteiger partial charge in [0.25, 0.3) is 0 Å². The van der Waals surface area contributed by atoms with Crippen molar-refractivity contribution in [1.82, 2.24) is 5.23 Å². The Hall–Kier alpha value is -0.835. The van der Waals surface area contributed by atoms with E-state index in [4.69, 9.17) is 0 Å². The monoisotopic (exact) mass is 154 g/mol. The summed E-state index contributed by atoms with van der Waals surface area (Å²) in [4.78, 5) is 0. The Morgan fingerprint density at radius 1 is 1.09 bits per heavy atom. The average molecular weight is 154 g/mol. The van der Waals surface area contributed by atoms with Gasteiger partial charge in [-0.25, -0.2) is 0 Å². The van der Waals surface area contributed by atoms with Crippen LogP contribution in [0.25, 0.3) is 0 Å². The molecule has 1 rings (SSSR count). The third kappa shape index (κ3) is 4.55. The van der Waals surface area contributed by atoms with Crippen molar-refractivity contribution >= 4 is 12.9 Å². The smallest absolute Gasteiger partial charge is 0.244 e. The second kappa shape index (κ2) is 7.27. The summed E-state index contributed by atoms with van der Waals surface area (Å²) in [7, 11) is 3.85. The summed E-state index contributed by atoms with van der Waals surface area (Å²) in [5.74, 6) is 0. The van der Waals surface area contributed by atoms with E-state index in [1.54, 1.807) is 0 Å². The summed E-state index contributed by atoms with van der Waals surface area (Å²) in [6, 6.07) is 10.1. The Labute approximate surface area is 67.3 Å². The molecule has 0 amide bonds. The van der Waals surface area contributed by atoms with Crippen LogP contribution in [0.3, 0.4) is 0 Å². The zero-order chi connectivity index (χ0) is 6.53. The molecule has 0 unspecified atom stereocenters. The van der Waals surface area contributed by atoms with E-state index in [9.17, 15) is 0 Å². The van der Waals surface area contributed by atoms with E-state index in [0.717, 1.165) is 0 Å². The van der Waals surface area contributed by atoms with Gasteiger partial charge in [0.15, 0.2) is 0 Å². The number of nitrogens with one attached hydrogen (secondary N) is 1. The van der Waals surface area contributed by atoms with E-state index in [2.05, 4.69) is 17.4 Å². The molecule has 0 fully saturated rings. The quantitative estimate of drug-likeness (QED) is 0.517. The van der Waals surface area contributed by atoms with E-state index in [1.165, 1.54) is 5.46 Å². The van der Waals surface area contributed by atoms with Crippen LogP contribution in [0.1, 0.15) is 0 Å². The van der Waals surface area contributed by atoms with Crippen LogP contribution in [0, 0.1) is 0 Å². The Morgan fingerprint density at radius 3 is 2.09 bits per heavy atom. The van der Waals surface area contributed by atoms with Crippen LogP contribution >= 0.6 is 0 Å². The summed E-state index contributed by atoms with van der Waals surface area (Å²) in [6.45, 7) is 0. The van der Waals surface area contributed by atoms with E-state index in [1.807, 2.05) is 32.7 Å². The lowest BCUT2D eigenvalue weighted by Gasteiger charge is -1.93. The highest BCUT2D eigenvalue weighted by Crippen LogP contribution is 1.78. The van der Waals surface area contributed by atoms with Crippen molar-refractivity contribution in [3.63, 3.8) is 0 Å². The fraction of sp³-hybridized carbons (Fsp3) is 0.143. The number of benzene rings is 1. The molecule has 11 heavy (non-hydrogen) atoms. The standard InChI is InChI=1S/C7H9BN.2H2O/c1-9-8-7-5-3-2-4-6-7;;/h2-6,9H,1H3;2*1H2. The SMILES string of the molecule is CN[B]c1ccccc1.O.O. The van der Waals surface area contributed by atoms with Crippen LogP contribution in [-0.2, 0) is 0 Å². The summed E-state index contributed by atoms with van der Waals surface area (Å²) in [5.41, 5.74) is 1.21. The van der Waals surface area contributed by atoms with Crippen LogP contribution in [0.2, 0.25) is 0 Å². The lowest BCUT2D eigenvalue weighted by atomic mass is 9.84. The van der Waals surface area contributed by atoms with Gasteiger partial charge in [-0.2, -0.15) is 0 Å². The normalized spacial score (nSPS) is 7.36. The third-order valence-electron chi connectivity index (χ3n) is 1.11. The molecule has 4 heteroatoms. The van der Waals surface area contributed by atoms with Crippen molar-refractivity contribution in [2.75, 3.05) is 7.05 Å². The number of hydrogen-bond donors (Lipinski definition) is 1. The van der Waals surface area contributed by atoms with Crippen LogP contribution in [0.5, 0.6) is 0 Å². The Morgan fingerprint density at radius 2 is 1.64 bits per heavy atom. The topological polar surface area (TPSA) is 75.0 Å². The van der Waals surface area contributed by atoms with Gasteiger partial charge in [-0.15, -0.1) is 0 Å². The zero-order valence-corrected chi connectivity index (χ0v) is 6.46. The van der Waals surface area contributed by atoms with Gasteiger partial charge in [0.05, 0.1) is 0 Å². The van der Waals surface area contributed by atoms with Crippen molar-refractivity contribution in [1.29, 1.82) is 0 Å². The van der Waals surface area contributed by atoms with E-state index >= 15 is 0 Å². The van der Waals surface area contributed by atoms with Crippen LogP contribution in [0.15, 0.2) is 30.3 Å². The summed E-state index contributed by atoms with van der Waals surface area (Å²) >= 11 is 0. The Kier molecular flexibility index (Phi) is 8.47. The van der Waals surface area contributed by atoms with E-state index in [-0.39, 0.29) is 11.0 Å². The number of hydrogen-bond acceptors (Lipinski definition) is 1. The molecule has 61 valence electrons. The molecule has 1 aromatic rings. The van der Waals surface area contributed by atoms with Gasteiger partial charge >= 0.3 is 0 Å². The van der Waals surface area contributed by atoms with Gasteiger partial charge in [0.2, 0.25) is 7.41 Å². The third-order valence-corrected chi connectivity index (χ3v) is 1.11. The minimum Gasteiger partial charge on any atom is -0.412 e. The molecule has 0 saturated heterocycles. The van der Waals surface area contributed by atoms with Gasteiger partial charge in [-0.3, -0.25) is 0 Å². The van der Waals surface area contributed by atoms with Gasteiger partial charge in [-0.1, -0.05) is 35.8 Å². The molecular formula is C7H13BNO2. The molecule has 0 saturated carbocycles. The van der Waals surface area contributed by atoms with E-state index in [0.29, 0.717) is 0 Å². The fourth-order valence-corrected chi connectivity index (χ4v) is 0.716. The average Bonchev–Trinajstić information content (AvgIpc) is 1.91. The van der Waals surface area contributed by atoms with Crippen molar-refractivity contribution in [2.24, 2.45) is 0 Å². The van der Waals surface area contributed by atoms with Crippen molar-refractivity contribution in [2.45, 2.75) is 0 Å². The molecule has 0 spiro atoms. The minimum atomic E-state index is 0. The lowest BCUT2D eigenvalue weighted by molar-refractivity contribution is 0.823. The molecule has 0 bridgehead atoms. The van der Waals surface area contributed by atoms with Crippen molar-refractivity contribution < 1.29 is 11.0 Å². The molecule has 0 heterocycles. The predicted molar refractivity (Wildman–Crippen MR) is 48.1 cm³/mol. The molecular weight excluding hydrogens is 141 g/mol. The molecule has 0 atom stereocenters. The Bertz CT molecular complexity index is 169. The van der Waals surface area contributed by atoms with Crippen LogP contribution < -0.4 is 10.7 Å². The summed E-state index contributed by atoms with van der Waals surface area (Å²) in [6.07, 6.45) is 0. The minimum absolute atomic E-state index is 0. The first-order valence-corrected chi connectivity index (χ1v) is 2.99. The second-order valence-corrected chi connectivity index (χ2v) is 1.84. The number of rotatable bonds is 2. The van der Waals surface area contributed by atoms with Crippen molar-refractivity contribution in [3.8, 4) is 0 Å². The largest absolute Gasteiger partial charge is 0.412 e. The van der Waals surface area contributed by atoms with Gasteiger partial charge in [0.1, 0.15) is 0 Å². The highest BCUT2D eigenvalue weighted by Gasteiger charge is 1.87. The zero-order valence-electron chi connectivity index (χ0n) is 6.46. The first kappa shape index (κ1) is 12.8. The van der Waals surface area contributed by atoms with E-state index < -0.39 is 0 Å². The molecule has 5 N–H and O–H groups in total. The molecule has 1 radical (unpaired) electrons. The molecule has 0 aliphatic carbocycles. The van der Waals surface area contributed by atoms with Crippen LogP contribution in [-0.4, -0.2) is 25.4 Å². The molecule has 0 aliphatic rings. The lowest BCUT2D eigenvalue weighted by Crippen LogP contribution is -2.26. The maximum absolute atomic E-state index is 2.96. The Balaban J connectivity index is 0. The first-order chi connectivity index (χ1) is 4.43. The molecule has 1 aromatic carbocycles. The predicted octanol–water partition coefficient (Wildman–Crippen LogP) is -1.50. The first-order valence-electron chi connectivity index (χ1n) is 2.99. The highest BCUT2D eigenvalue weighted by atomic mass is 16.0. The van der Waals surface area contributed by atoms with Gasteiger partial charge in [0, 0.05) is 0 Å². The summed E-state index contributed by atoms with van der Waals surface area (Å²) in [5, 5.41) is 2.96. The molecule has 0 aromatic heterocycles. The maximum atomic E-state index is 2.96. The molecule has 3 nitrogen and oxygen atoms in total. The second-order valence-electron chi connectivity index (χ2n) is 1.84. The van der Waals surface area contributed by atoms with Crippen molar-refractivity contribution in [3.05, 3.63) is 30.3 Å². The fourth-order valence-electron chi connectivity index (χ4n) is 0.716. The molecule has 0 aliphatic heterocycles. The summed E-state index contributed by atoms with van der Waals surface area (Å²) < 4.78 is 0.